The van der Waals surface area contributed by atoms with Gasteiger partial charge in [0.15, 0.2) is 0 Å². The van der Waals surface area contributed by atoms with E-state index in [2.05, 4.69) is 25.6 Å². The molecule has 27 heavy (non-hydrogen) atoms. The monoisotopic (exact) mass is 382 g/mol. The Morgan fingerprint density at radius 3 is 2.70 bits per heavy atom. The van der Waals surface area contributed by atoms with Crippen molar-refractivity contribution in [2.75, 3.05) is 25.0 Å². The van der Waals surface area contributed by atoms with E-state index >= 15 is 0 Å². The van der Waals surface area contributed by atoms with Crippen molar-refractivity contribution in [3.05, 3.63) is 47.3 Å². The van der Waals surface area contributed by atoms with Crippen LogP contribution in [0.15, 0.2) is 41.8 Å². The number of anilines is 1. The normalized spacial score (nSPS) is 15.7. The number of piperidine rings is 1. The number of nitrogens with one attached hydrogen (secondary N) is 1. The molecule has 1 amide bonds. The van der Waals surface area contributed by atoms with Gasteiger partial charge in [-0.05, 0) is 48.6 Å². The number of hydrogen-bond acceptors (Lipinski definition) is 6. The maximum atomic E-state index is 12.3. The highest BCUT2D eigenvalue weighted by atomic mass is 32.1. The van der Waals surface area contributed by atoms with E-state index in [4.69, 9.17) is 0 Å². The van der Waals surface area contributed by atoms with Crippen molar-refractivity contribution in [2.45, 2.75) is 25.8 Å². The Bertz CT molecular complexity index is 881. The predicted octanol–water partition coefficient (Wildman–Crippen LogP) is 2.99. The first-order valence-corrected chi connectivity index (χ1v) is 9.97. The molecule has 1 fully saturated rings. The van der Waals surface area contributed by atoms with Crippen LogP contribution in [0.1, 0.15) is 24.4 Å². The molecule has 7 nitrogen and oxygen atoms in total. The zero-order chi connectivity index (χ0) is 18.6. The Balaban J connectivity index is 1.27. The second kappa shape index (κ2) is 7.98. The number of aryl methyl sites for hydroxylation is 1. The van der Waals surface area contributed by atoms with Crippen LogP contribution in [0.25, 0.3) is 10.7 Å². The number of rotatable bonds is 5. The van der Waals surface area contributed by atoms with E-state index in [1.807, 2.05) is 48.7 Å². The van der Waals surface area contributed by atoms with Gasteiger partial charge in [-0.2, -0.15) is 4.80 Å². The van der Waals surface area contributed by atoms with Crippen molar-refractivity contribution in [2.24, 2.45) is 0 Å². The van der Waals surface area contributed by atoms with Gasteiger partial charge >= 0.3 is 0 Å². The van der Waals surface area contributed by atoms with E-state index in [1.54, 1.807) is 16.1 Å². The summed E-state index contributed by atoms with van der Waals surface area (Å²) in [5.41, 5.74) is 2.02. The molecule has 8 heteroatoms. The number of nitrogens with zero attached hydrogens (tertiary/aromatic N) is 5. The van der Waals surface area contributed by atoms with Crippen molar-refractivity contribution < 1.29 is 4.79 Å². The number of aromatic nitrogens is 4. The minimum Gasteiger partial charge on any atom is -0.325 e. The van der Waals surface area contributed by atoms with E-state index in [9.17, 15) is 4.79 Å². The molecule has 1 aliphatic heterocycles. The van der Waals surface area contributed by atoms with E-state index in [-0.39, 0.29) is 11.9 Å². The van der Waals surface area contributed by atoms with Crippen LogP contribution in [0.4, 0.5) is 5.69 Å². The number of hydrogen-bond donors (Lipinski definition) is 1. The van der Waals surface area contributed by atoms with Crippen LogP contribution in [0.3, 0.4) is 0 Å². The highest BCUT2D eigenvalue weighted by molar-refractivity contribution is 7.13. The lowest BCUT2D eigenvalue weighted by Gasteiger charge is -2.30. The molecular formula is C19H22N6OS. The van der Waals surface area contributed by atoms with Crippen molar-refractivity contribution in [3.63, 3.8) is 0 Å². The molecule has 2 aromatic heterocycles. The number of likely N-dealkylation sites (tertiary alicyclic amines) is 1. The molecule has 0 spiro atoms. The summed E-state index contributed by atoms with van der Waals surface area (Å²) >= 11 is 1.61. The Labute approximate surface area is 162 Å². The number of tetrazole rings is 1. The summed E-state index contributed by atoms with van der Waals surface area (Å²) in [6.45, 7) is 4.14. The van der Waals surface area contributed by atoms with Crippen LogP contribution in [-0.4, -0.2) is 50.6 Å². The van der Waals surface area contributed by atoms with E-state index in [1.165, 1.54) is 5.56 Å². The average molecular weight is 382 g/mol. The lowest BCUT2D eigenvalue weighted by atomic mass is 10.1. The fourth-order valence-corrected chi connectivity index (χ4v) is 3.88. The molecule has 0 saturated carbocycles. The Kier molecular flexibility index (Phi) is 5.26. The van der Waals surface area contributed by atoms with Gasteiger partial charge in [-0.15, -0.1) is 21.5 Å². The lowest BCUT2D eigenvalue weighted by Crippen LogP contribution is -2.40. The largest absolute Gasteiger partial charge is 0.325 e. The van der Waals surface area contributed by atoms with Gasteiger partial charge in [-0.25, -0.2) is 0 Å². The number of carbonyl (C=O) groups is 1. The van der Waals surface area contributed by atoms with Gasteiger partial charge in [0.2, 0.25) is 11.7 Å². The number of benzene rings is 1. The van der Waals surface area contributed by atoms with Gasteiger partial charge in [0.25, 0.3) is 0 Å². The maximum Gasteiger partial charge on any atom is 0.238 e. The number of thiophene rings is 1. The summed E-state index contributed by atoms with van der Waals surface area (Å²) in [7, 11) is 0. The Morgan fingerprint density at radius 2 is 2.00 bits per heavy atom. The van der Waals surface area contributed by atoms with Gasteiger partial charge in [-0.1, -0.05) is 23.8 Å². The second-order valence-electron chi connectivity index (χ2n) is 6.83. The van der Waals surface area contributed by atoms with Crippen molar-refractivity contribution in [3.8, 4) is 10.7 Å². The van der Waals surface area contributed by atoms with Crippen LogP contribution in [-0.2, 0) is 4.79 Å². The van der Waals surface area contributed by atoms with Crippen molar-refractivity contribution >= 4 is 22.9 Å². The molecular weight excluding hydrogens is 360 g/mol. The maximum absolute atomic E-state index is 12.3. The van der Waals surface area contributed by atoms with E-state index < -0.39 is 0 Å². The van der Waals surface area contributed by atoms with Gasteiger partial charge in [-0.3, -0.25) is 9.69 Å². The third-order valence-electron chi connectivity index (χ3n) is 4.76. The zero-order valence-electron chi connectivity index (χ0n) is 15.2. The predicted molar refractivity (Wildman–Crippen MR) is 106 cm³/mol. The third-order valence-corrected chi connectivity index (χ3v) is 5.62. The van der Waals surface area contributed by atoms with Crippen LogP contribution in [0, 0.1) is 6.92 Å². The molecule has 0 bridgehead atoms. The summed E-state index contributed by atoms with van der Waals surface area (Å²) in [5, 5.41) is 17.9. The summed E-state index contributed by atoms with van der Waals surface area (Å²) in [6.07, 6.45) is 1.83. The third kappa shape index (κ3) is 4.40. The fraction of sp³-hybridized carbons (Fsp3) is 0.368. The Hall–Kier alpha value is -2.58. The molecule has 0 radical (unpaired) electrons. The van der Waals surface area contributed by atoms with Crippen molar-refractivity contribution in [1.29, 1.82) is 0 Å². The summed E-state index contributed by atoms with van der Waals surface area (Å²) in [5.74, 6) is 0.709. The molecule has 1 aromatic carbocycles. The van der Waals surface area contributed by atoms with Crippen LogP contribution >= 0.6 is 11.3 Å². The molecule has 1 saturated heterocycles. The van der Waals surface area contributed by atoms with Crippen LogP contribution in [0.2, 0.25) is 0 Å². The SMILES string of the molecule is Cc1ccc(NC(=O)CN2CCC(n3nnc(-c4cccs4)n3)CC2)cc1. The van der Waals surface area contributed by atoms with Gasteiger partial charge in [0, 0.05) is 18.8 Å². The topological polar surface area (TPSA) is 75.9 Å². The molecule has 140 valence electrons. The van der Waals surface area contributed by atoms with Gasteiger partial charge < -0.3 is 5.32 Å². The molecule has 1 aliphatic rings. The fourth-order valence-electron chi connectivity index (χ4n) is 3.23. The van der Waals surface area contributed by atoms with Gasteiger partial charge in [0.1, 0.15) is 0 Å². The minimum absolute atomic E-state index is 0.0242. The van der Waals surface area contributed by atoms with Gasteiger partial charge in [0.05, 0.1) is 17.5 Å². The van der Waals surface area contributed by atoms with Crippen molar-refractivity contribution in [1.82, 2.24) is 25.1 Å². The average Bonchev–Trinajstić information content (AvgIpc) is 3.36. The minimum atomic E-state index is 0.0242. The molecule has 3 heterocycles. The highest BCUT2D eigenvalue weighted by Gasteiger charge is 2.24. The standard InChI is InChI=1S/C19H22N6OS/c1-14-4-6-15(7-5-14)20-18(26)13-24-10-8-16(9-11-24)25-22-19(21-23-25)17-3-2-12-27-17/h2-7,12,16H,8-11,13H2,1H3,(H,20,26). The lowest BCUT2D eigenvalue weighted by molar-refractivity contribution is -0.117. The number of carbonyl (C=O) groups excluding carboxylic acids is 1. The van der Waals surface area contributed by atoms with E-state index in [0.29, 0.717) is 12.4 Å². The molecule has 4 rings (SSSR count). The first-order chi connectivity index (χ1) is 13.2. The Morgan fingerprint density at radius 1 is 1.22 bits per heavy atom. The first-order valence-electron chi connectivity index (χ1n) is 9.09. The summed E-state index contributed by atoms with van der Waals surface area (Å²) in [4.78, 5) is 17.2. The molecule has 3 aromatic rings. The molecule has 0 atom stereocenters. The number of amides is 1. The molecule has 0 aliphatic carbocycles. The molecule has 1 N–H and O–H groups in total. The quantitative estimate of drug-likeness (QED) is 0.734. The second-order valence-corrected chi connectivity index (χ2v) is 7.78. The summed E-state index contributed by atoms with van der Waals surface area (Å²) in [6, 6.07) is 12.1. The molecule has 0 unspecified atom stereocenters. The zero-order valence-corrected chi connectivity index (χ0v) is 16.0. The highest BCUT2D eigenvalue weighted by Crippen LogP contribution is 2.24. The smallest absolute Gasteiger partial charge is 0.238 e. The van der Waals surface area contributed by atoms with Crippen LogP contribution in [0.5, 0.6) is 0 Å². The first kappa shape index (κ1) is 17.8. The summed E-state index contributed by atoms with van der Waals surface area (Å²) < 4.78 is 0. The van der Waals surface area contributed by atoms with Crippen LogP contribution < -0.4 is 5.32 Å². The van der Waals surface area contributed by atoms with E-state index in [0.717, 1.165) is 36.5 Å².